The van der Waals surface area contributed by atoms with Gasteiger partial charge < -0.3 is 10.2 Å². The van der Waals surface area contributed by atoms with Crippen molar-refractivity contribution in [3.05, 3.63) is 68.7 Å². The summed E-state index contributed by atoms with van der Waals surface area (Å²) in [5, 5.41) is 3.87. The Morgan fingerprint density at radius 3 is 2.29 bits per heavy atom. The first kappa shape index (κ1) is 25.2. The molecule has 2 rings (SSSR count). The summed E-state index contributed by atoms with van der Waals surface area (Å²) in [7, 11) is 0. The number of amides is 2. The second-order valence-corrected chi connectivity index (χ2v) is 8.75. The van der Waals surface area contributed by atoms with Crippen molar-refractivity contribution in [3.63, 3.8) is 0 Å². The largest absolute Gasteiger partial charge is 0.354 e. The van der Waals surface area contributed by atoms with Gasteiger partial charge in [0, 0.05) is 13.1 Å². The Morgan fingerprint density at radius 2 is 1.68 bits per heavy atom. The molecule has 0 saturated carbocycles. The minimum absolute atomic E-state index is 0.0909. The Balaban J connectivity index is 2.29. The van der Waals surface area contributed by atoms with Crippen molar-refractivity contribution in [1.82, 2.24) is 10.2 Å². The van der Waals surface area contributed by atoms with E-state index in [0.29, 0.717) is 29.6 Å². The zero-order valence-corrected chi connectivity index (χ0v) is 20.3. The molecule has 1 atom stereocenters. The van der Waals surface area contributed by atoms with Gasteiger partial charge in [0.1, 0.15) is 6.04 Å². The summed E-state index contributed by atoms with van der Waals surface area (Å²) < 4.78 is 0. The summed E-state index contributed by atoms with van der Waals surface area (Å²) >= 11 is 12.2. The quantitative estimate of drug-likeness (QED) is 0.448. The lowest BCUT2D eigenvalue weighted by molar-refractivity contribution is -0.140. The van der Waals surface area contributed by atoms with Gasteiger partial charge in [-0.15, -0.1) is 0 Å². The van der Waals surface area contributed by atoms with Gasteiger partial charge in [0.25, 0.3) is 0 Å². The van der Waals surface area contributed by atoms with E-state index in [4.69, 9.17) is 23.2 Å². The van der Waals surface area contributed by atoms with E-state index in [9.17, 15) is 9.59 Å². The van der Waals surface area contributed by atoms with Crippen molar-refractivity contribution >= 4 is 35.0 Å². The Bertz CT molecular complexity index is 914. The van der Waals surface area contributed by atoms with Crippen molar-refractivity contribution in [2.45, 2.75) is 66.0 Å². The maximum Gasteiger partial charge on any atom is 0.242 e. The van der Waals surface area contributed by atoms with Crippen LogP contribution in [0.5, 0.6) is 0 Å². The van der Waals surface area contributed by atoms with Gasteiger partial charge in [-0.05, 0) is 61.1 Å². The van der Waals surface area contributed by atoms with Crippen LogP contribution in [0, 0.1) is 13.8 Å². The van der Waals surface area contributed by atoms with Crippen molar-refractivity contribution in [2.24, 2.45) is 0 Å². The SMILES string of the molecule is CCCCNC(=O)[C@H](CC)N(Cc1ccc(Cl)c(Cl)c1)C(=O)Cc1ccc(C)c(C)c1. The van der Waals surface area contributed by atoms with Crippen molar-refractivity contribution < 1.29 is 9.59 Å². The number of rotatable bonds is 10. The van der Waals surface area contributed by atoms with Crippen LogP contribution in [0.1, 0.15) is 55.4 Å². The van der Waals surface area contributed by atoms with Gasteiger partial charge in [0.15, 0.2) is 0 Å². The van der Waals surface area contributed by atoms with Crippen LogP contribution in [0.15, 0.2) is 36.4 Å². The number of hydrogen-bond donors (Lipinski definition) is 1. The fourth-order valence-electron chi connectivity index (χ4n) is 3.45. The number of carbonyl (C=O) groups excluding carboxylic acids is 2. The van der Waals surface area contributed by atoms with E-state index in [-0.39, 0.29) is 18.2 Å². The van der Waals surface area contributed by atoms with Crippen LogP contribution in [0.3, 0.4) is 0 Å². The lowest BCUT2D eigenvalue weighted by Gasteiger charge is -2.31. The average molecular weight is 463 g/mol. The molecule has 0 fully saturated rings. The number of nitrogens with one attached hydrogen (secondary N) is 1. The summed E-state index contributed by atoms with van der Waals surface area (Å²) in [6.07, 6.45) is 2.67. The molecule has 168 valence electrons. The average Bonchev–Trinajstić information content (AvgIpc) is 2.73. The third-order valence-corrected chi connectivity index (χ3v) is 6.22. The first-order chi connectivity index (χ1) is 14.8. The van der Waals surface area contributed by atoms with E-state index >= 15 is 0 Å². The first-order valence-electron chi connectivity index (χ1n) is 10.8. The molecule has 1 N–H and O–H groups in total. The zero-order chi connectivity index (χ0) is 23.0. The molecule has 0 heterocycles. The third-order valence-electron chi connectivity index (χ3n) is 5.48. The highest BCUT2D eigenvalue weighted by Gasteiger charge is 2.28. The molecule has 31 heavy (non-hydrogen) atoms. The van der Waals surface area contributed by atoms with E-state index in [2.05, 4.69) is 12.2 Å². The number of hydrogen-bond acceptors (Lipinski definition) is 2. The number of carbonyl (C=O) groups is 2. The molecule has 0 spiro atoms. The predicted octanol–water partition coefficient (Wildman–Crippen LogP) is 5.88. The second kappa shape index (κ2) is 12.1. The minimum Gasteiger partial charge on any atom is -0.354 e. The highest BCUT2D eigenvalue weighted by Crippen LogP contribution is 2.24. The molecular formula is C25H32Cl2N2O2. The first-order valence-corrected chi connectivity index (χ1v) is 11.6. The van der Waals surface area contributed by atoms with Gasteiger partial charge in [0.05, 0.1) is 16.5 Å². The summed E-state index contributed by atoms with van der Waals surface area (Å²) in [6.45, 7) is 8.98. The second-order valence-electron chi connectivity index (χ2n) is 7.93. The molecule has 4 nitrogen and oxygen atoms in total. The van der Waals surface area contributed by atoms with Crippen LogP contribution in [0.25, 0.3) is 0 Å². The van der Waals surface area contributed by atoms with Crippen LogP contribution < -0.4 is 5.32 Å². The van der Waals surface area contributed by atoms with Gasteiger partial charge >= 0.3 is 0 Å². The molecule has 6 heteroatoms. The lowest BCUT2D eigenvalue weighted by atomic mass is 10.0. The molecule has 2 aromatic rings. The molecule has 0 bridgehead atoms. The highest BCUT2D eigenvalue weighted by atomic mass is 35.5. The highest BCUT2D eigenvalue weighted by molar-refractivity contribution is 6.42. The Labute approximate surface area is 195 Å². The van der Waals surface area contributed by atoms with Crippen molar-refractivity contribution in [3.8, 4) is 0 Å². The molecular weight excluding hydrogens is 431 g/mol. The van der Waals surface area contributed by atoms with Crippen molar-refractivity contribution in [1.29, 1.82) is 0 Å². The Hall–Kier alpha value is -2.04. The molecule has 2 amide bonds. The number of halogens is 2. The van der Waals surface area contributed by atoms with Gasteiger partial charge in [-0.3, -0.25) is 9.59 Å². The topological polar surface area (TPSA) is 49.4 Å². The molecule has 0 unspecified atom stereocenters. The Morgan fingerprint density at radius 1 is 0.968 bits per heavy atom. The van der Waals surface area contributed by atoms with Crippen molar-refractivity contribution in [2.75, 3.05) is 6.54 Å². The molecule has 0 aliphatic heterocycles. The van der Waals surface area contributed by atoms with Gasteiger partial charge in [-0.25, -0.2) is 0 Å². The zero-order valence-electron chi connectivity index (χ0n) is 18.8. The lowest BCUT2D eigenvalue weighted by Crippen LogP contribution is -2.49. The smallest absolute Gasteiger partial charge is 0.242 e. The van der Waals surface area contributed by atoms with Crippen LogP contribution in [-0.4, -0.2) is 29.3 Å². The molecule has 0 saturated heterocycles. The van der Waals surface area contributed by atoms with Gasteiger partial charge in [0.2, 0.25) is 11.8 Å². The van der Waals surface area contributed by atoms with E-state index in [1.54, 1.807) is 17.0 Å². The molecule has 2 aromatic carbocycles. The predicted molar refractivity (Wildman–Crippen MR) is 129 cm³/mol. The Kier molecular flexibility index (Phi) is 9.86. The summed E-state index contributed by atoms with van der Waals surface area (Å²) in [4.78, 5) is 28.0. The van der Waals surface area contributed by atoms with E-state index in [1.165, 1.54) is 5.56 Å². The third kappa shape index (κ3) is 7.26. The maximum atomic E-state index is 13.4. The molecule has 0 aliphatic carbocycles. The summed E-state index contributed by atoms with van der Waals surface area (Å²) in [5.74, 6) is -0.212. The summed E-state index contributed by atoms with van der Waals surface area (Å²) in [6, 6.07) is 10.8. The van der Waals surface area contributed by atoms with Crippen LogP contribution in [-0.2, 0) is 22.6 Å². The molecule has 0 aromatic heterocycles. The van der Waals surface area contributed by atoms with Crippen LogP contribution in [0.4, 0.5) is 0 Å². The van der Waals surface area contributed by atoms with E-state index in [0.717, 1.165) is 29.5 Å². The van der Waals surface area contributed by atoms with Crippen LogP contribution in [0.2, 0.25) is 10.0 Å². The molecule has 0 aliphatic rings. The number of aryl methyl sites for hydroxylation is 2. The maximum absolute atomic E-state index is 13.4. The van der Waals surface area contributed by atoms with Crippen LogP contribution >= 0.6 is 23.2 Å². The van der Waals surface area contributed by atoms with E-state index < -0.39 is 6.04 Å². The number of nitrogens with zero attached hydrogens (tertiary/aromatic N) is 1. The molecule has 0 radical (unpaired) electrons. The summed E-state index contributed by atoms with van der Waals surface area (Å²) in [5.41, 5.74) is 4.10. The standard InChI is InChI=1S/C25H32Cl2N2O2/c1-5-7-12-28-25(31)23(6-2)29(16-20-10-11-21(26)22(27)14-20)24(30)15-19-9-8-17(3)18(4)13-19/h8-11,13-14,23H,5-7,12,15-16H2,1-4H3,(H,28,31)/t23-/m0/s1. The minimum atomic E-state index is -0.551. The monoisotopic (exact) mass is 462 g/mol. The van der Waals surface area contributed by atoms with E-state index in [1.807, 2.05) is 45.0 Å². The van der Waals surface area contributed by atoms with Gasteiger partial charge in [-0.1, -0.05) is 67.7 Å². The normalized spacial score (nSPS) is 11.8. The number of benzene rings is 2. The fourth-order valence-corrected chi connectivity index (χ4v) is 3.77. The van der Waals surface area contributed by atoms with Gasteiger partial charge in [-0.2, -0.15) is 0 Å². The fraction of sp³-hybridized carbons (Fsp3) is 0.440. The number of unbranched alkanes of at least 4 members (excludes halogenated alkanes) is 1.